The van der Waals surface area contributed by atoms with Crippen LogP contribution < -0.4 is 5.73 Å². The van der Waals surface area contributed by atoms with Gasteiger partial charge in [0.1, 0.15) is 0 Å². The third-order valence-corrected chi connectivity index (χ3v) is 4.52. The van der Waals surface area contributed by atoms with E-state index in [2.05, 4.69) is 22.6 Å². The maximum atomic E-state index is 12.4. The van der Waals surface area contributed by atoms with Gasteiger partial charge in [-0.15, -0.1) is 0 Å². The molecule has 1 aliphatic rings. The van der Waals surface area contributed by atoms with Gasteiger partial charge in [0.05, 0.1) is 5.56 Å². The molecule has 18 heavy (non-hydrogen) atoms. The second-order valence-corrected chi connectivity index (χ2v) is 5.95. The summed E-state index contributed by atoms with van der Waals surface area (Å²) in [5.74, 6) is 0.875. The molecule has 0 aromatic heterocycles. The monoisotopic (exact) mass is 358 g/mol. The van der Waals surface area contributed by atoms with Crippen molar-refractivity contribution in [3.05, 3.63) is 33.4 Å². The van der Waals surface area contributed by atoms with E-state index in [-0.39, 0.29) is 5.91 Å². The van der Waals surface area contributed by atoms with E-state index in [1.165, 1.54) is 0 Å². The highest BCUT2D eigenvalue weighted by atomic mass is 127. The topological polar surface area (TPSA) is 46.3 Å². The van der Waals surface area contributed by atoms with Crippen LogP contribution >= 0.6 is 22.6 Å². The standard InChI is InChI=1S/C14H19IN2O/c15-13-4-2-1-3-12(13)14(18)17-9-6-11(5-8-16)7-10-17/h1-4,11H,5-10,16H2. The second-order valence-electron chi connectivity index (χ2n) is 4.79. The average molecular weight is 358 g/mol. The van der Waals surface area contributed by atoms with Crippen molar-refractivity contribution in [3.8, 4) is 0 Å². The Balaban J connectivity index is 1.98. The number of carbonyl (C=O) groups excluding carboxylic acids is 1. The highest BCUT2D eigenvalue weighted by Gasteiger charge is 2.23. The van der Waals surface area contributed by atoms with E-state index >= 15 is 0 Å². The Morgan fingerprint density at radius 1 is 1.33 bits per heavy atom. The Bertz CT molecular complexity index is 414. The Labute approximate surface area is 122 Å². The summed E-state index contributed by atoms with van der Waals surface area (Å²) in [5, 5.41) is 0. The number of nitrogens with two attached hydrogens (primary N) is 1. The average Bonchev–Trinajstić information content (AvgIpc) is 2.40. The number of carbonyl (C=O) groups is 1. The van der Waals surface area contributed by atoms with Crippen LogP contribution in [-0.4, -0.2) is 30.4 Å². The maximum absolute atomic E-state index is 12.4. The molecular formula is C14H19IN2O. The molecule has 0 aliphatic carbocycles. The summed E-state index contributed by atoms with van der Waals surface area (Å²) < 4.78 is 1.03. The fourth-order valence-electron chi connectivity index (χ4n) is 2.47. The maximum Gasteiger partial charge on any atom is 0.254 e. The smallest absolute Gasteiger partial charge is 0.254 e. The first-order chi connectivity index (χ1) is 8.72. The normalized spacial score (nSPS) is 16.9. The van der Waals surface area contributed by atoms with Crippen LogP contribution in [-0.2, 0) is 0 Å². The lowest BCUT2D eigenvalue weighted by Gasteiger charge is -2.32. The van der Waals surface area contributed by atoms with Crippen LogP contribution in [0, 0.1) is 9.49 Å². The lowest BCUT2D eigenvalue weighted by Crippen LogP contribution is -2.39. The summed E-state index contributed by atoms with van der Waals surface area (Å²) in [6.07, 6.45) is 3.27. The number of amides is 1. The summed E-state index contributed by atoms with van der Waals surface area (Å²) in [6.45, 7) is 2.50. The molecule has 0 unspecified atom stereocenters. The molecule has 1 aliphatic heterocycles. The van der Waals surface area contributed by atoms with Gasteiger partial charge in [-0.1, -0.05) is 12.1 Å². The minimum Gasteiger partial charge on any atom is -0.339 e. The number of piperidine rings is 1. The molecule has 0 saturated carbocycles. The highest BCUT2D eigenvalue weighted by molar-refractivity contribution is 14.1. The molecule has 2 rings (SSSR count). The van der Waals surface area contributed by atoms with Gasteiger partial charge in [0.2, 0.25) is 0 Å². The van der Waals surface area contributed by atoms with Crippen molar-refractivity contribution >= 4 is 28.5 Å². The fraction of sp³-hybridized carbons (Fsp3) is 0.500. The Morgan fingerprint density at radius 3 is 2.61 bits per heavy atom. The van der Waals surface area contributed by atoms with Gasteiger partial charge in [-0.2, -0.15) is 0 Å². The molecular weight excluding hydrogens is 339 g/mol. The number of likely N-dealkylation sites (tertiary alicyclic amines) is 1. The highest BCUT2D eigenvalue weighted by Crippen LogP contribution is 2.22. The molecule has 1 aromatic rings. The molecule has 0 radical (unpaired) electrons. The predicted molar refractivity (Wildman–Crippen MR) is 81.5 cm³/mol. The van der Waals surface area contributed by atoms with Gasteiger partial charge in [-0.3, -0.25) is 4.79 Å². The van der Waals surface area contributed by atoms with Crippen molar-refractivity contribution in [3.63, 3.8) is 0 Å². The molecule has 0 spiro atoms. The SMILES string of the molecule is NCCC1CCN(C(=O)c2ccccc2I)CC1. The number of rotatable bonds is 3. The van der Waals surface area contributed by atoms with Crippen LogP contribution in [0.25, 0.3) is 0 Å². The third kappa shape index (κ3) is 3.23. The van der Waals surface area contributed by atoms with Gasteiger partial charge in [-0.25, -0.2) is 0 Å². The molecule has 1 saturated heterocycles. The lowest BCUT2D eigenvalue weighted by molar-refractivity contribution is 0.0687. The molecule has 1 heterocycles. The van der Waals surface area contributed by atoms with Crippen LogP contribution in [0.4, 0.5) is 0 Å². The van der Waals surface area contributed by atoms with Crippen molar-refractivity contribution in [2.24, 2.45) is 11.7 Å². The molecule has 3 nitrogen and oxygen atoms in total. The molecule has 1 aromatic carbocycles. The summed E-state index contributed by atoms with van der Waals surface area (Å²) in [7, 11) is 0. The zero-order chi connectivity index (χ0) is 13.0. The molecule has 0 bridgehead atoms. The van der Waals surface area contributed by atoms with E-state index in [0.29, 0.717) is 5.92 Å². The zero-order valence-electron chi connectivity index (χ0n) is 10.4. The van der Waals surface area contributed by atoms with Gasteiger partial charge in [0, 0.05) is 16.7 Å². The first-order valence-electron chi connectivity index (χ1n) is 6.46. The summed E-state index contributed by atoms with van der Waals surface area (Å²) >= 11 is 2.23. The van der Waals surface area contributed by atoms with E-state index in [1.807, 2.05) is 29.2 Å². The number of halogens is 1. The first kappa shape index (κ1) is 13.8. The first-order valence-corrected chi connectivity index (χ1v) is 7.54. The van der Waals surface area contributed by atoms with Gasteiger partial charge < -0.3 is 10.6 Å². The van der Waals surface area contributed by atoms with Crippen LogP contribution in [0.1, 0.15) is 29.6 Å². The second kappa shape index (κ2) is 6.52. The minimum atomic E-state index is 0.172. The van der Waals surface area contributed by atoms with Crippen LogP contribution in [0.3, 0.4) is 0 Å². The molecule has 0 atom stereocenters. The van der Waals surface area contributed by atoms with Crippen LogP contribution in [0.2, 0.25) is 0 Å². The lowest BCUT2D eigenvalue weighted by atomic mass is 9.93. The Hall–Kier alpha value is -0.620. The van der Waals surface area contributed by atoms with E-state index < -0.39 is 0 Å². The van der Waals surface area contributed by atoms with E-state index in [0.717, 1.165) is 48.0 Å². The van der Waals surface area contributed by atoms with Crippen LogP contribution in [0.15, 0.2) is 24.3 Å². The minimum absolute atomic E-state index is 0.172. The van der Waals surface area contributed by atoms with Crippen molar-refractivity contribution < 1.29 is 4.79 Å². The predicted octanol–water partition coefficient (Wildman–Crippen LogP) is 2.49. The van der Waals surface area contributed by atoms with E-state index in [9.17, 15) is 4.79 Å². The molecule has 1 amide bonds. The zero-order valence-corrected chi connectivity index (χ0v) is 12.6. The fourth-order valence-corrected chi connectivity index (χ4v) is 3.08. The van der Waals surface area contributed by atoms with Gasteiger partial charge >= 0.3 is 0 Å². The quantitative estimate of drug-likeness (QED) is 0.844. The molecule has 98 valence electrons. The van der Waals surface area contributed by atoms with E-state index in [4.69, 9.17) is 5.73 Å². The Morgan fingerprint density at radius 2 is 2.00 bits per heavy atom. The number of hydrogen-bond donors (Lipinski definition) is 1. The Kier molecular flexibility index (Phi) is 5.00. The van der Waals surface area contributed by atoms with Crippen molar-refractivity contribution in [1.29, 1.82) is 0 Å². The largest absolute Gasteiger partial charge is 0.339 e. The molecule has 2 N–H and O–H groups in total. The summed E-state index contributed by atoms with van der Waals surface area (Å²) in [5.41, 5.74) is 6.41. The summed E-state index contributed by atoms with van der Waals surface area (Å²) in [4.78, 5) is 14.4. The summed E-state index contributed by atoms with van der Waals surface area (Å²) in [6, 6.07) is 7.79. The van der Waals surface area contributed by atoms with E-state index in [1.54, 1.807) is 0 Å². The number of nitrogens with zero attached hydrogens (tertiary/aromatic N) is 1. The van der Waals surface area contributed by atoms with Gasteiger partial charge in [0.25, 0.3) is 5.91 Å². The molecule has 4 heteroatoms. The number of hydrogen-bond acceptors (Lipinski definition) is 2. The van der Waals surface area contributed by atoms with Gasteiger partial charge in [0.15, 0.2) is 0 Å². The van der Waals surface area contributed by atoms with Crippen LogP contribution in [0.5, 0.6) is 0 Å². The molecule has 1 fully saturated rings. The third-order valence-electron chi connectivity index (χ3n) is 3.58. The number of benzene rings is 1. The van der Waals surface area contributed by atoms with Crippen molar-refractivity contribution in [2.75, 3.05) is 19.6 Å². The van der Waals surface area contributed by atoms with Crippen molar-refractivity contribution in [1.82, 2.24) is 4.90 Å². The van der Waals surface area contributed by atoms with Crippen molar-refractivity contribution in [2.45, 2.75) is 19.3 Å². The van der Waals surface area contributed by atoms with Gasteiger partial charge in [-0.05, 0) is 66.4 Å².